The second-order valence-electron chi connectivity index (χ2n) is 4.70. The van der Waals surface area contributed by atoms with E-state index in [4.69, 9.17) is 5.73 Å². The van der Waals surface area contributed by atoms with Gasteiger partial charge in [-0.15, -0.1) is 0 Å². The summed E-state index contributed by atoms with van der Waals surface area (Å²) in [5.41, 5.74) is 8.96. The van der Waals surface area contributed by atoms with Crippen LogP contribution in [0.1, 0.15) is 18.0 Å². The lowest BCUT2D eigenvalue weighted by molar-refractivity contribution is -0.129. The van der Waals surface area contributed by atoms with Gasteiger partial charge >= 0.3 is 0 Å². The van der Waals surface area contributed by atoms with E-state index in [1.807, 2.05) is 29.8 Å². The summed E-state index contributed by atoms with van der Waals surface area (Å²) in [5, 5.41) is 0. The Morgan fingerprint density at radius 3 is 2.89 bits per heavy atom. The van der Waals surface area contributed by atoms with Gasteiger partial charge in [-0.1, -0.05) is 6.07 Å². The van der Waals surface area contributed by atoms with Gasteiger partial charge in [-0.2, -0.15) is 0 Å². The first-order valence-corrected chi connectivity index (χ1v) is 5.85. The molecule has 1 amide bonds. The van der Waals surface area contributed by atoms with E-state index in [1.165, 1.54) is 0 Å². The van der Waals surface area contributed by atoms with Crippen molar-refractivity contribution in [3.63, 3.8) is 0 Å². The van der Waals surface area contributed by atoms with Crippen LogP contribution in [0, 0.1) is 0 Å². The number of aryl methyl sites for hydroxylation is 1. The molecule has 2 N–H and O–H groups in total. The third-order valence-electron chi connectivity index (χ3n) is 3.07. The summed E-state index contributed by atoms with van der Waals surface area (Å²) < 4.78 is 1.95. The van der Waals surface area contributed by atoms with Crippen LogP contribution in [0.4, 0.5) is 0 Å². The van der Waals surface area contributed by atoms with Gasteiger partial charge in [0.15, 0.2) is 0 Å². The lowest BCUT2D eigenvalue weighted by Crippen LogP contribution is -2.26. The minimum atomic E-state index is -0.286. The second kappa shape index (κ2) is 4.78. The number of nitrogens with zero attached hydrogens (tertiary/aromatic N) is 3. The molecule has 1 heterocycles. The van der Waals surface area contributed by atoms with E-state index < -0.39 is 0 Å². The Bertz CT molecular complexity index is 573. The van der Waals surface area contributed by atoms with Gasteiger partial charge in [0, 0.05) is 33.6 Å². The molecule has 0 radical (unpaired) electrons. The maximum absolute atomic E-state index is 11.6. The molecule has 5 nitrogen and oxygen atoms in total. The number of imidazole rings is 1. The van der Waals surface area contributed by atoms with Crippen LogP contribution in [0.15, 0.2) is 24.5 Å². The molecule has 1 aromatic carbocycles. The largest absolute Gasteiger partial charge is 0.349 e. The maximum Gasteiger partial charge on any atom is 0.223 e. The van der Waals surface area contributed by atoms with Crippen molar-refractivity contribution < 1.29 is 4.79 Å². The smallest absolute Gasteiger partial charge is 0.223 e. The molecule has 18 heavy (non-hydrogen) atoms. The van der Waals surface area contributed by atoms with Gasteiger partial charge in [-0.25, -0.2) is 4.98 Å². The molecule has 0 aliphatic heterocycles. The summed E-state index contributed by atoms with van der Waals surface area (Å²) in [7, 11) is 5.42. The van der Waals surface area contributed by atoms with Gasteiger partial charge < -0.3 is 15.2 Å². The molecule has 0 bridgehead atoms. The number of carbonyl (C=O) groups excluding carboxylic acids is 1. The zero-order chi connectivity index (χ0) is 13.3. The topological polar surface area (TPSA) is 64.2 Å². The number of hydrogen-bond donors (Lipinski definition) is 1. The van der Waals surface area contributed by atoms with Crippen LogP contribution in [0.2, 0.25) is 0 Å². The molecule has 0 aliphatic carbocycles. The molecule has 5 heteroatoms. The Kier molecular flexibility index (Phi) is 3.34. The van der Waals surface area contributed by atoms with Gasteiger partial charge in [-0.3, -0.25) is 4.79 Å². The van der Waals surface area contributed by atoms with Crippen LogP contribution in [0.25, 0.3) is 11.0 Å². The third-order valence-corrected chi connectivity index (χ3v) is 3.07. The van der Waals surface area contributed by atoms with Crippen LogP contribution in [0.5, 0.6) is 0 Å². The Morgan fingerprint density at radius 2 is 2.22 bits per heavy atom. The number of aromatic nitrogens is 2. The van der Waals surface area contributed by atoms with Crippen molar-refractivity contribution in [2.75, 3.05) is 14.1 Å². The van der Waals surface area contributed by atoms with Crippen LogP contribution < -0.4 is 5.73 Å². The van der Waals surface area contributed by atoms with Crippen LogP contribution in [0.3, 0.4) is 0 Å². The molecule has 1 aromatic heterocycles. The average Bonchev–Trinajstić information content (AvgIpc) is 2.70. The Hall–Kier alpha value is -1.88. The van der Waals surface area contributed by atoms with Gasteiger partial charge in [0.2, 0.25) is 5.91 Å². The molecule has 2 aromatic rings. The van der Waals surface area contributed by atoms with Crippen LogP contribution >= 0.6 is 0 Å². The number of hydrogen-bond acceptors (Lipinski definition) is 3. The van der Waals surface area contributed by atoms with E-state index in [0.717, 1.165) is 16.6 Å². The number of amides is 1. The molecular weight excluding hydrogens is 228 g/mol. The molecule has 0 saturated heterocycles. The lowest BCUT2D eigenvalue weighted by Gasteiger charge is -2.15. The highest BCUT2D eigenvalue weighted by molar-refractivity contribution is 5.78. The van der Waals surface area contributed by atoms with E-state index in [1.54, 1.807) is 25.3 Å². The number of fused-ring (bicyclic) bond motifs is 1. The monoisotopic (exact) mass is 246 g/mol. The Morgan fingerprint density at radius 1 is 1.50 bits per heavy atom. The predicted molar refractivity (Wildman–Crippen MR) is 71.0 cm³/mol. The molecule has 1 atom stereocenters. The number of rotatable bonds is 3. The minimum Gasteiger partial charge on any atom is -0.349 e. The average molecular weight is 246 g/mol. The highest BCUT2D eigenvalue weighted by atomic mass is 16.2. The van der Waals surface area contributed by atoms with Gasteiger partial charge in [0.1, 0.15) is 0 Å². The summed E-state index contributed by atoms with van der Waals surface area (Å²) in [6.45, 7) is 0. The van der Waals surface area contributed by atoms with Crippen molar-refractivity contribution in [1.29, 1.82) is 0 Å². The number of carbonyl (C=O) groups is 1. The van der Waals surface area contributed by atoms with E-state index in [0.29, 0.717) is 6.42 Å². The van der Waals surface area contributed by atoms with E-state index >= 15 is 0 Å². The fourth-order valence-electron chi connectivity index (χ4n) is 1.87. The van der Waals surface area contributed by atoms with Crippen LogP contribution in [-0.2, 0) is 11.8 Å². The Balaban J connectivity index is 2.22. The molecule has 0 aliphatic rings. The summed E-state index contributed by atoms with van der Waals surface area (Å²) in [6, 6.07) is 5.60. The molecular formula is C13H18N4O. The number of benzene rings is 1. The summed E-state index contributed by atoms with van der Waals surface area (Å²) in [6.07, 6.45) is 2.08. The standard InChI is InChI=1S/C13H18N4O/c1-16(2)13(18)7-10(14)9-4-5-12-11(6-9)15-8-17(12)3/h4-6,8,10H,7,14H2,1-3H3. The van der Waals surface area contributed by atoms with Crippen molar-refractivity contribution >= 4 is 16.9 Å². The molecule has 96 valence electrons. The Labute approximate surface area is 106 Å². The molecule has 1 unspecified atom stereocenters. The predicted octanol–water partition coefficient (Wildman–Crippen LogP) is 1.05. The minimum absolute atomic E-state index is 0.0311. The van der Waals surface area contributed by atoms with Crippen molar-refractivity contribution in [2.24, 2.45) is 12.8 Å². The van der Waals surface area contributed by atoms with Crippen LogP contribution in [-0.4, -0.2) is 34.5 Å². The quantitative estimate of drug-likeness (QED) is 0.880. The number of nitrogens with two attached hydrogens (primary N) is 1. The fourth-order valence-corrected chi connectivity index (χ4v) is 1.87. The van der Waals surface area contributed by atoms with Crippen molar-refractivity contribution in [2.45, 2.75) is 12.5 Å². The third kappa shape index (κ3) is 2.36. The molecule has 0 spiro atoms. The highest BCUT2D eigenvalue weighted by Crippen LogP contribution is 2.20. The second-order valence-corrected chi connectivity index (χ2v) is 4.70. The maximum atomic E-state index is 11.6. The zero-order valence-electron chi connectivity index (χ0n) is 10.9. The first-order valence-electron chi connectivity index (χ1n) is 5.85. The van der Waals surface area contributed by atoms with Gasteiger partial charge in [0.05, 0.1) is 17.4 Å². The van der Waals surface area contributed by atoms with E-state index in [2.05, 4.69) is 4.98 Å². The van der Waals surface area contributed by atoms with Crippen molar-refractivity contribution in [1.82, 2.24) is 14.5 Å². The fraction of sp³-hybridized carbons (Fsp3) is 0.385. The summed E-state index contributed by atoms with van der Waals surface area (Å²) in [4.78, 5) is 17.5. The highest BCUT2D eigenvalue weighted by Gasteiger charge is 2.14. The van der Waals surface area contributed by atoms with Crippen molar-refractivity contribution in [3.8, 4) is 0 Å². The van der Waals surface area contributed by atoms with E-state index in [9.17, 15) is 4.79 Å². The normalized spacial score (nSPS) is 12.7. The molecule has 0 saturated carbocycles. The van der Waals surface area contributed by atoms with Crippen molar-refractivity contribution in [3.05, 3.63) is 30.1 Å². The molecule has 0 fully saturated rings. The van der Waals surface area contributed by atoms with E-state index in [-0.39, 0.29) is 11.9 Å². The van der Waals surface area contributed by atoms with Gasteiger partial charge in [-0.05, 0) is 17.7 Å². The SMILES string of the molecule is CN(C)C(=O)CC(N)c1ccc2c(c1)ncn2C. The zero-order valence-corrected chi connectivity index (χ0v) is 10.9. The lowest BCUT2D eigenvalue weighted by atomic mass is 10.0. The summed E-state index contributed by atoms with van der Waals surface area (Å²) in [5.74, 6) is 0.0311. The first kappa shape index (κ1) is 12.6. The van der Waals surface area contributed by atoms with Gasteiger partial charge in [0.25, 0.3) is 0 Å². The molecule has 2 rings (SSSR count). The summed E-state index contributed by atoms with van der Waals surface area (Å²) >= 11 is 0. The first-order chi connectivity index (χ1) is 8.49.